The third-order valence-electron chi connectivity index (χ3n) is 7.70. The molecule has 1 fully saturated rings. The van der Waals surface area contributed by atoms with Gasteiger partial charge in [-0.15, -0.1) is 0 Å². The molecule has 4 aromatic heterocycles. The Labute approximate surface area is 218 Å². The van der Waals surface area contributed by atoms with Crippen LogP contribution in [0.1, 0.15) is 57.4 Å². The van der Waals surface area contributed by atoms with Crippen LogP contribution in [0.15, 0.2) is 36.8 Å². The molecule has 0 aromatic carbocycles. The van der Waals surface area contributed by atoms with E-state index >= 15 is 0 Å². The molecule has 0 unspecified atom stereocenters. The number of carbonyl (C=O) groups is 1. The van der Waals surface area contributed by atoms with Crippen LogP contribution in [0.25, 0.3) is 27.9 Å². The molecule has 0 spiro atoms. The summed E-state index contributed by atoms with van der Waals surface area (Å²) in [6, 6.07) is 6.21. The normalized spacial score (nSPS) is 18.1. The van der Waals surface area contributed by atoms with Crippen LogP contribution in [-0.2, 0) is 4.43 Å². The van der Waals surface area contributed by atoms with Gasteiger partial charge < -0.3 is 19.6 Å². The van der Waals surface area contributed by atoms with Crippen molar-refractivity contribution in [3.8, 4) is 11.3 Å². The Morgan fingerprint density at radius 1 is 1.24 bits per heavy atom. The summed E-state index contributed by atoms with van der Waals surface area (Å²) in [5.74, 6) is 0.568. The number of hydrogen-bond donors (Lipinski definition) is 2. The first-order chi connectivity index (χ1) is 17.4. The Balaban J connectivity index is 1.47. The van der Waals surface area contributed by atoms with Gasteiger partial charge in [-0.1, -0.05) is 20.8 Å². The lowest BCUT2D eigenvalue weighted by Crippen LogP contribution is -2.42. The van der Waals surface area contributed by atoms with E-state index in [9.17, 15) is 4.79 Å². The lowest BCUT2D eigenvalue weighted by molar-refractivity contribution is 0.0945. The Hall–Kier alpha value is -3.24. The van der Waals surface area contributed by atoms with Crippen molar-refractivity contribution in [2.75, 3.05) is 12.4 Å². The predicted octanol–water partition coefficient (Wildman–Crippen LogP) is 5.26. The minimum absolute atomic E-state index is 0.0126. The molecule has 0 saturated heterocycles. The van der Waals surface area contributed by atoms with E-state index in [1.54, 1.807) is 16.9 Å². The lowest BCUT2D eigenvalue weighted by Gasteiger charge is -2.36. The first kappa shape index (κ1) is 25.4. The van der Waals surface area contributed by atoms with Gasteiger partial charge in [-0.2, -0.15) is 9.61 Å². The highest BCUT2D eigenvalue weighted by molar-refractivity contribution is 6.74. The van der Waals surface area contributed by atoms with Crippen LogP contribution >= 0.6 is 0 Å². The number of anilines is 1. The minimum Gasteiger partial charge on any atom is -0.412 e. The second-order valence-corrected chi connectivity index (χ2v) is 16.5. The quantitative estimate of drug-likeness (QED) is 0.323. The zero-order chi connectivity index (χ0) is 26.7. The highest BCUT2D eigenvalue weighted by atomic mass is 28.4. The summed E-state index contributed by atoms with van der Waals surface area (Å²) in [5.41, 5.74) is 3.59. The summed E-state index contributed by atoms with van der Waals surface area (Å²) >= 11 is 0. The van der Waals surface area contributed by atoms with Gasteiger partial charge in [-0.3, -0.25) is 4.79 Å². The van der Waals surface area contributed by atoms with Crippen LogP contribution in [0.3, 0.4) is 0 Å². The molecule has 4 heterocycles. The van der Waals surface area contributed by atoms with Crippen LogP contribution in [0, 0.1) is 0 Å². The summed E-state index contributed by atoms with van der Waals surface area (Å²) in [5, 5.41) is 12.0. The van der Waals surface area contributed by atoms with Gasteiger partial charge in [0.1, 0.15) is 17.0 Å². The molecular weight excluding hydrogens is 482 g/mol. The van der Waals surface area contributed by atoms with E-state index in [0.29, 0.717) is 11.2 Å². The lowest BCUT2D eigenvalue weighted by atomic mass is 10.1. The number of nitrogens with zero attached hydrogens (tertiary/aromatic N) is 5. The fraction of sp³-hybridized carbons (Fsp3) is 0.481. The van der Waals surface area contributed by atoms with Crippen molar-refractivity contribution in [2.45, 2.75) is 77.4 Å². The van der Waals surface area contributed by atoms with Crippen molar-refractivity contribution in [1.29, 1.82) is 0 Å². The molecule has 5 rings (SSSR count). The molecule has 1 saturated carbocycles. The topological polar surface area (TPSA) is 98.4 Å². The summed E-state index contributed by atoms with van der Waals surface area (Å²) in [6.07, 6.45) is 6.38. The van der Waals surface area contributed by atoms with Gasteiger partial charge in [0.15, 0.2) is 14.0 Å². The number of fused-ring (bicyclic) bond motifs is 2. The number of amides is 1. The number of carbonyl (C=O) groups excluding carboxylic acids is 1. The predicted molar refractivity (Wildman–Crippen MR) is 150 cm³/mol. The Morgan fingerprint density at radius 2 is 2.00 bits per heavy atom. The first-order valence-electron chi connectivity index (χ1n) is 12.9. The van der Waals surface area contributed by atoms with E-state index in [0.717, 1.165) is 34.5 Å². The van der Waals surface area contributed by atoms with E-state index in [2.05, 4.69) is 85.3 Å². The van der Waals surface area contributed by atoms with Crippen LogP contribution in [0.4, 0.5) is 5.82 Å². The van der Waals surface area contributed by atoms with Gasteiger partial charge in [0.25, 0.3) is 5.91 Å². The maximum absolute atomic E-state index is 13.3. The van der Waals surface area contributed by atoms with Gasteiger partial charge >= 0.3 is 0 Å². The van der Waals surface area contributed by atoms with Gasteiger partial charge in [-0.05, 0) is 50.5 Å². The fourth-order valence-corrected chi connectivity index (χ4v) is 5.75. The highest BCUT2D eigenvalue weighted by Crippen LogP contribution is 2.41. The molecule has 1 aliphatic carbocycles. The third kappa shape index (κ3) is 4.52. The van der Waals surface area contributed by atoms with E-state index in [-0.39, 0.29) is 29.1 Å². The molecule has 0 bridgehead atoms. The molecule has 4 aromatic rings. The summed E-state index contributed by atoms with van der Waals surface area (Å²) in [6.45, 7) is 15.4. The smallest absolute Gasteiger partial charge is 0.257 e. The molecule has 0 aliphatic heterocycles. The molecule has 10 heteroatoms. The maximum Gasteiger partial charge on any atom is 0.257 e. The largest absolute Gasteiger partial charge is 0.412 e. The van der Waals surface area contributed by atoms with Crippen molar-refractivity contribution in [1.82, 2.24) is 29.5 Å². The number of nitrogens with one attached hydrogen (secondary N) is 2. The third-order valence-corrected chi connectivity index (χ3v) is 12.2. The Morgan fingerprint density at radius 3 is 2.68 bits per heavy atom. The first-order valence-corrected chi connectivity index (χ1v) is 15.8. The second-order valence-electron chi connectivity index (χ2n) is 11.7. The van der Waals surface area contributed by atoms with Crippen molar-refractivity contribution in [3.63, 3.8) is 0 Å². The number of aromatic nitrogens is 5. The molecule has 1 amide bonds. The van der Waals surface area contributed by atoms with Crippen LogP contribution < -0.4 is 10.6 Å². The van der Waals surface area contributed by atoms with E-state index < -0.39 is 8.32 Å². The molecule has 196 valence electrons. The standard InChI is InChI=1S/C27H37N7O2Si/c1-16(2)33-15-19(17-10-9-11-29-24(17)33)20-13-23(28-6)34-25(31-20)18(14-30-34)26(35)32-21-12-22(21)36-37(7,8)27(3,4)5/h9-11,13-16,21-22,28H,12H2,1-8H3,(H,32,35)/t21-,22-/m1/s1. The van der Waals surface area contributed by atoms with Crippen LogP contribution in [0.2, 0.25) is 18.1 Å². The van der Waals surface area contributed by atoms with Crippen LogP contribution in [0.5, 0.6) is 0 Å². The van der Waals surface area contributed by atoms with Crippen molar-refractivity contribution < 1.29 is 9.22 Å². The zero-order valence-corrected chi connectivity index (χ0v) is 24.0. The molecular formula is C27H37N7O2Si. The maximum atomic E-state index is 13.3. The average molecular weight is 520 g/mol. The molecule has 2 atom stereocenters. The number of pyridine rings is 1. The molecule has 37 heavy (non-hydrogen) atoms. The summed E-state index contributed by atoms with van der Waals surface area (Å²) in [7, 11) is -0.0506. The Kier molecular flexibility index (Phi) is 6.15. The molecule has 1 aliphatic rings. The highest BCUT2D eigenvalue weighted by Gasteiger charge is 2.47. The Bertz CT molecular complexity index is 1480. The molecule has 2 N–H and O–H groups in total. The summed E-state index contributed by atoms with van der Waals surface area (Å²) in [4.78, 5) is 22.9. The van der Waals surface area contributed by atoms with Gasteiger partial charge in [0.05, 0.1) is 24.0 Å². The minimum atomic E-state index is -1.89. The van der Waals surface area contributed by atoms with Gasteiger partial charge in [0.2, 0.25) is 0 Å². The van der Waals surface area contributed by atoms with Gasteiger partial charge in [-0.25, -0.2) is 9.97 Å². The molecule has 9 nitrogen and oxygen atoms in total. The van der Waals surface area contributed by atoms with E-state index in [1.165, 1.54) is 0 Å². The SMILES string of the molecule is CNc1cc(-c2cn(C(C)C)c3ncccc23)nc2c(C(=O)N[C@@H]3C[C@H]3O[Si](C)(C)C(C)(C)C)cnn12. The van der Waals surface area contributed by atoms with E-state index in [4.69, 9.17) is 9.41 Å². The van der Waals surface area contributed by atoms with Crippen molar-refractivity contribution in [2.24, 2.45) is 0 Å². The second kappa shape index (κ2) is 8.95. The monoisotopic (exact) mass is 519 g/mol. The van der Waals surface area contributed by atoms with Crippen molar-refractivity contribution in [3.05, 3.63) is 42.4 Å². The van der Waals surface area contributed by atoms with Crippen LogP contribution in [-0.4, -0.2) is 57.6 Å². The summed E-state index contributed by atoms with van der Waals surface area (Å²) < 4.78 is 10.3. The number of rotatable bonds is 7. The molecule has 0 radical (unpaired) electrons. The number of hydrogen-bond acceptors (Lipinski definition) is 6. The van der Waals surface area contributed by atoms with Gasteiger partial charge in [0, 0.05) is 42.5 Å². The fourth-order valence-electron chi connectivity index (χ4n) is 4.37. The van der Waals surface area contributed by atoms with Crippen molar-refractivity contribution >= 4 is 36.7 Å². The zero-order valence-electron chi connectivity index (χ0n) is 23.0. The van der Waals surface area contributed by atoms with E-state index in [1.807, 2.05) is 19.2 Å². The average Bonchev–Trinajstić information content (AvgIpc) is 3.24.